The highest BCUT2D eigenvalue weighted by Crippen LogP contribution is 2.27. The van der Waals surface area contributed by atoms with Crippen LogP contribution in [0.25, 0.3) is 0 Å². The summed E-state index contributed by atoms with van der Waals surface area (Å²) in [6.07, 6.45) is 1.59. The Balaban J connectivity index is 1.41. The van der Waals surface area contributed by atoms with Gasteiger partial charge in [0.25, 0.3) is 11.8 Å². The first-order valence-electron chi connectivity index (χ1n) is 11.5. The zero-order chi connectivity index (χ0) is 24.1. The van der Waals surface area contributed by atoms with Crippen molar-refractivity contribution in [3.63, 3.8) is 0 Å². The molecule has 2 unspecified atom stereocenters. The lowest BCUT2D eigenvalue weighted by Crippen LogP contribution is -2.46. The lowest BCUT2D eigenvalue weighted by atomic mass is 9.95. The predicted octanol–water partition coefficient (Wildman–Crippen LogP) is 5.07. The topological polar surface area (TPSA) is 69.7 Å². The number of hydrogen-bond donors (Lipinski definition) is 1. The number of amides is 3. The highest BCUT2D eigenvalue weighted by Gasteiger charge is 2.32. The van der Waals surface area contributed by atoms with Crippen LogP contribution >= 0.6 is 11.3 Å². The zero-order valence-electron chi connectivity index (χ0n) is 19.4. The molecule has 176 valence electrons. The molecule has 1 aliphatic heterocycles. The van der Waals surface area contributed by atoms with E-state index < -0.39 is 0 Å². The van der Waals surface area contributed by atoms with Gasteiger partial charge in [0.05, 0.1) is 16.8 Å². The fourth-order valence-electron chi connectivity index (χ4n) is 4.29. The number of nitrogens with zero attached hydrogens (tertiary/aromatic N) is 2. The molecule has 3 amide bonds. The van der Waals surface area contributed by atoms with E-state index in [1.54, 1.807) is 21.9 Å². The largest absolute Gasteiger partial charge is 0.339 e. The standard InChI is InChI=1S/C27H29N3O3S/c1-19(21-11-6-13-23(17-21)28-25(31)20-9-4-3-5-10-20)29(2)26(32)22-12-7-15-30(18-22)27(33)24-14-8-16-34-24/h3-6,8-11,13-14,16-17,19,22H,7,12,15,18H2,1-2H3,(H,28,31). The minimum absolute atomic E-state index is 0.00469. The summed E-state index contributed by atoms with van der Waals surface area (Å²) in [4.78, 5) is 42.9. The van der Waals surface area contributed by atoms with Crippen molar-refractivity contribution in [2.24, 2.45) is 5.92 Å². The highest BCUT2D eigenvalue weighted by atomic mass is 32.1. The Kier molecular flexibility index (Phi) is 7.43. The van der Waals surface area contributed by atoms with Crippen LogP contribution in [0, 0.1) is 5.92 Å². The first kappa shape index (κ1) is 23.7. The third-order valence-corrected chi connectivity index (χ3v) is 7.24. The summed E-state index contributed by atoms with van der Waals surface area (Å²) in [6, 6.07) is 20.2. The summed E-state index contributed by atoms with van der Waals surface area (Å²) in [6.45, 7) is 3.11. The fraction of sp³-hybridized carbons (Fsp3) is 0.296. The van der Waals surface area contributed by atoms with Crippen LogP contribution in [0.2, 0.25) is 0 Å². The molecule has 1 N–H and O–H groups in total. The summed E-state index contributed by atoms with van der Waals surface area (Å²) in [5.41, 5.74) is 2.21. The monoisotopic (exact) mass is 475 g/mol. The van der Waals surface area contributed by atoms with Gasteiger partial charge in [-0.2, -0.15) is 0 Å². The van der Waals surface area contributed by atoms with E-state index in [2.05, 4.69) is 5.32 Å². The Morgan fingerprint density at radius 3 is 2.59 bits per heavy atom. The number of nitrogens with one attached hydrogen (secondary N) is 1. The zero-order valence-corrected chi connectivity index (χ0v) is 20.3. The van der Waals surface area contributed by atoms with Gasteiger partial charge in [-0.3, -0.25) is 14.4 Å². The van der Waals surface area contributed by atoms with Crippen LogP contribution in [0.4, 0.5) is 5.69 Å². The average molecular weight is 476 g/mol. The van der Waals surface area contributed by atoms with Gasteiger partial charge in [0.15, 0.2) is 0 Å². The molecule has 0 radical (unpaired) electrons. The Morgan fingerprint density at radius 1 is 1.06 bits per heavy atom. The molecular weight excluding hydrogens is 446 g/mol. The van der Waals surface area contributed by atoms with E-state index in [0.717, 1.165) is 18.4 Å². The molecule has 4 rings (SSSR count). The molecule has 7 heteroatoms. The van der Waals surface area contributed by atoms with Crippen molar-refractivity contribution in [2.45, 2.75) is 25.8 Å². The molecule has 2 atom stereocenters. The molecule has 1 saturated heterocycles. The second-order valence-electron chi connectivity index (χ2n) is 8.64. The van der Waals surface area contributed by atoms with E-state index in [9.17, 15) is 14.4 Å². The number of hydrogen-bond acceptors (Lipinski definition) is 4. The van der Waals surface area contributed by atoms with Gasteiger partial charge in [-0.05, 0) is 61.0 Å². The molecule has 0 spiro atoms. The van der Waals surface area contributed by atoms with Gasteiger partial charge in [-0.1, -0.05) is 36.4 Å². The minimum atomic E-state index is -0.217. The molecule has 1 aliphatic rings. The number of likely N-dealkylation sites (tertiary alicyclic amines) is 1. The molecule has 0 aliphatic carbocycles. The first-order valence-corrected chi connectivity index (χ1v) is 12.4. The SMILES string of the molecule is CC(c1cccc(NC(=O)c2ccccc2)c1)N(C)C(=O)C1CCCN(C(=O)c2cccs2)C1. The van der Waals surface area contributed by atoms with Gasteiger partial charge < -0.3 is 15.1 Å². The Labute approximate surface area is 204 Å². The number of thiophene rings is 1. The van der Waals surface area contributed by atoms with Gasteiger partial charge in [0.2, 0.25) is 5.91 Å². The van der Waals surface area contributed by atoms with Crippen molar-refractivity contribution >= 4 is 34.7 Å². The van der Waals surface area contributed by atoms with Gasteiger partial charge in [-0.15, -0.1) is 11.3 Å². The van der Waals surface area contributed by atoms with Crippen molar-refractivity contribution in [3.8, 4) is 0 Å². The van der Waals surface area contributed by atoms with Crippen molar-refractivity contribution in [1.29, 1.82) is 0 Å². The minimum Gasteiger partial charge on any atom is -0.339 e. The molecule has 1 aromatic heterocycles. The van der Waals surface area contributed by atoms with E-state index in [0.29, 0.717) is 29.2 Å². The van der Waals surface area contributed by atoms with Crippen molar-refractivity contribution in [1.82, 2.24) is 9.80 Å². The van der Waals surface area contributed by atoms with Crippen LogP contribution in [-0.4, -0.2) is 47.7 Å². The van der Waals surface area contributed by atoms with Crippen molar-refractivity contribution in [2.75, 3.05) is 25.5 Å². The summed E-state index contributed by atoms with van der Waals surface area (Å²) < 4.78 is 0. The quantitative estimate of drug-likeness (QED) is 0.541. The first-order chi connectivity index (χ1) is 16.4. The number of rotatable bonds is 6. The second-order valence-corrected chi connectivity index (χ2v) is 9.59. The van der Waals surface area contributed by atoms with Crippen molar-refractivity contribution in [3.05, 3.63) is 88.1 Å². The van der Waals surface area contributed by atoms with Crippen LogP contribution < -0.4 is 5.32 Å². The summed E-state index contributed by atoms with van der Waals surface area (Å²) in [7, 11) is 1.81. The van der Waals surface area contributed by atoms with E-state index in [1.165, 1.54) is 11.3 Å². The fourth-order valence-corrected chi connectivity index (χ4v) is 4.98. The van der Waals surface area contributed by atoms with E-state index in [4.69, 9.17) is 0 Å². The smallest absolute Gasteiger partial charge is 0.263 e. The molecule has 3 aromatic rings. The summed E-state index contributed by atoms with van der Waals surface area (Å²) >= 11 is 1.43. The molecule has 2 heterocycles. The Hall–Kier alpha value is -3.45. The molecule has 6 nitrogen and oxygen atoms in total. The van der Waals surface area contributed by atoms with Gasteiger partial charge in [0, 0.05) is 31.4 Å². The van der Waals surface area contributed by atoms with Crippen LogP contribution in [0.3, 0.4) is 0 Å². The molecule has 0 saturated carbocycles. The predicted molar refractivity (Wildman–Crippen MR) is 135 cm³/mol. The van der Waals surface area contributed by atoms with E-state index in [-0.39, 0.29) is 29.7 Å². The molecule has 1 fully saturated rings. The number of piperidine rings is 1. The van der Waals surface area contributed by atoms with Crippen LogP contribution in [0.5, 0.6) is 0 Å². The van der Waals surface area contributed by atoms with E-state index >= 15 is 0 Å². The summed E-state index contributed by atoms with van der Waals surface area (Å²) in [5.74, 6) is -0.349. The number of carbonyl (C=O) groups is 3. The van der Waals surface area contributed by atoms with Crippen LogP contribution in [0.1, 0.15) is 51.4 Å². The molecule has 34 heavy (non-hydrogen) atoms. The maximum atomic E-state index is 13.3. The van der Waals surface area contributed by atoms with Crippen LogP contribution in [-0.2, 0) is 4.79 Å². The maximum Gasteiger partial charge on any atom is 0.263 e. The number of benzene rings is 2. The van der Waals surface area contributed by atoms with E-state index in [1.807, 2.05) is 73.9 Å². The Bertz CT molecular complexity index is 1150. The van der Waals surface area contributed by atoms with Gasteiger partial charge in [-0.25, -0.2) is 0 Å². The normalized spacial score (nSPS) is 16.5. The molecular formula is C27H29N3O3S. The lowest BCUT2D eigenvalue weighted by Gasteiger charge is -2.35. The number of carbonyl (C=O) groups excluding carboxylic acids is 3. The lowest BCUT2D eigenvalue weighted by molar-refractivity contribution is -0.137. The van der Waals surface area contributed by atoms with Gasteiger partial charge in [0.1, 0.15) is 0 Å². The average Bonchev–Trinajstić information content (AvgIpc) is 3.43. The third kappa shape index (κ3) is 5.37. The maximum absolute atomic E-state index is 13.3. The second kappa shape index (κ2) is 10.7. The molecule has 0 bridgehead atoms. The third-order valence-electron chi connectivity index (χ3n) is 6.38. The van der Waals surface area contributed by atoms with Crippen LogP contribution in [0.15, 0.2) is 72.1 Å². The van der Waals surface area contributed by atoms with Crippen molar-refractivity contribution < 1.29 is 14.4 Å². The number of anilines is 1. The summed E-state index contributed by atoms with van der Waals surface area (Å²) in [5, 5.41) is 4.83. The van der Waals surface area contributed by atoms with Gasteiger partial charge >= 0.3 is 0 Å². The highest BCUT2D eigenvalue weighted by molar-refractivity contribution is 7.12. The Morgan fingerprint density at radius 2 is 1.85 bits per heavy atom. The molecule has 2 aromatic carbocycles.